The van der Waals surface area contributed by atoms with Gasteiger partial charge in [0.2, 0.25) is 0 Å². The molecule has 19 heavy (non-hydrogen) atoms. The van der Waals surface area contributed by atoms with Crippen LogP contribution in [0.25, 0.3) is 0 Å². The van der Waals surface area contributed by atoms with Crippen LogP contribution in [0.4, 0.5) is 4.39 Å². The first kappa shape index (κ1) is 14.8. The Morgan fingerprint density at radius 2 is 2.11 bits per heavy atom. The number of rotatable bonds is 5. The number of hydrogen-bond acceptors (Lipinski definition) is 2. The zero-order chi connectivity index (χ0) is 13.9. The Bertz CT molecular complexity index is 432. The molecule has 1 unspecified atom stereocenters. The van der Waals surface area contributed by atoms with E-state index in [0.29, 0.717) is 5.02 Å². The van der Waals surface area contributed by atoms with Crippen LogP contribution in [-0.2, 0) is 11.2 Å². The van der Waals surface area contributed by atoms with Gasteiger partial charge in [0, 0.05) is 18.2 Å². The minimum absolute atomic E-state index is 0.119. The van der Waals surface area contributed by atoms with Gasteiger partial charge in [-0.1, -0.05) is 30.5 Å². The van der Waals surface area contributed by atoms with Gasteiger partial charge in [-0.25, -0.2) is 4.39 Å². The van der Waals surface area contributed by atoms with Crippen LogP contribution in [0.5, 0.6) is 0 Å². The molecule has 1 atom stereocenters. The molecule has 1 fully saturated rings. The first-order valence-corrected chi connectivity index (χ1v) is 7.15. The van der Waals surface area contributed by atoms with Crippen LogP contribution in [0.3, 0.4) is 0 Å². The van der Waals surface area contributed by atoms with Gasteiger partial charge >= 0.3 is 0 Å². The normalized spacial score (nSPS) is 19.6. The second kappa shape index (κ2) is 6.21. The third kappa shape index (κ3) is 3.10. The van der Waals surface area contributed by atoms with E-state index in [4.69, 9.17) is 16.3 Å². The van der Waals surface area contributed by atoms with Crippen molar-refractivity contribution >= 4 is 11.6 Å². The van der Waals surface area contributed by atoms with Crippen LogP contribution in [0.15, 0.2) is 18.2 Å². The molecule has 0 aliphatic heterocycles. The van der Waals surface area contributed by atoms with E-state index in [0.717, 1.165) is 24.8 Å². The van der Waals surface area contributed by atoms with Crippen LogP contribution in [0.1, 0.15) is 31.2 Å². The van der Waals surface area contributed by atoms with Gasteiger partial charge in [0.05, 0.1) is 5.60 Å². The van der Waals surface area contributed by atoms with Crippen molar-refractivity contribution in [3.63, 3.8) is 0 Å². The zero-order valence-electron chi connectivity index (χ0n) is 11.5. The highest BCUT2D eigenvalue weighted by molar-refractivity contribution is 6.31. The van der Waals surface area contributed by atoms with Crippen molar-refractivity contribution in [2.75, 3.05) is 14.2 Å². The number of ether oxygens (including phenoxy) is 1. The third-order valence-corrected chi connectivity index (χ3v) is 4.63. The van der Waals surface area contributed by atoms with Crippen molar-refractivity contribution in [2.45, 2.75) is 43.7 Å². The fourth-order valence-corrected chi connectivity index (χ4v) is 3.37. The quantitative estimate of drug-likeness (QED) is 0.893. The molecule has 1 aromatic carbocycles. The van der Waals surface area contributed by atoms with E-state index < -0.39 is 0 Å². The Morgan fingerprint density at radius 3 is 2.63 bits per heavy atom. The molecular weight excluding hydrogens is 265 g/mol. The van der Waals surface area contributed by atoms with E-state index >= 15 is 0 Å². The number of likely N-dealkylation sites (N-methyl/N-ethyl adjacent to an activating group) is 1. The van der Waals surface area contributed by atoms with E-state index in [9.17, 15) is 4.39 Å². The maximum atomic E-state index is 13.1. The molecule has 0 spiro atoms. The number of nitrogens with one attached hydrogen (secondary N) is 1. The smallest absolute Gasteiger partial charge is 0.124 e. The molecule has 4 heteroatoms. The van der Waals surface area contributed by atoms with E-state index in [1.54, 1.807) is 13.2 Å². The molecule has 2 rings (SSSR count). The third-order valence-electron chi connectivity index (χ3n) is 4.28. The van der Waals surface area contributed by atoms with Gasteiger partial charge in [0.25, 0.3) is 0 Å². The first-order valence-electron chi connectivity index (χ1n) is 6.77. The monoisotopic (exact) mass is 285 g/mol. The topological polar surface area (TPSA) is 21.3 Å². The maximum Gasteiger partial charge on any atom is 0.124 e. The highest BCUT2D eigenvalue weighted by Gasteiger charge is 2.40. The van der Waals surface area contributed by atoms with Crippen LogP contribution >= 0.6 is 11.6 Å². The lowest BCUT2D eigenvalue weighted by Crippen LogP contribution is -2.50. The lowest BCUT2D eigenvalue weighted by Gasteiger charge is -2.36. The molecule has 1 N–H and O–H groups in total. The summed E-state index contributed by atoms with van der Waals surface area (Å²) in [5.74, 6) is -0.294. The Hall–Kier alpha value is -0.640. The van der Waals surface area contributed by atoms with Crippen LogP contribution in [0, 0.1) is 5.82 Å². The summed E-state index contributed by atoms with van der Waals surface area (Å²) in [6.07, 6.45) is 5.28. The standard InChI is InChI=1S/C15H21ClFNO/c1-18-14(15(19-2)7-3-4-8-15)9-11-5-6-12(17)10-13(11)16/h5-6,10,14,18H,3-4,7-9H2,1-2H3. The molecule has 1 aliphatic carbocycles. The molecule has 1 saturated carbocycles. The van der Waals surface area contributed by atoms with Crippen LogP contribution in [0.2, 0.25) is 5.02 Å². The lowest BCUT2D eigenvalue weighted by molar-refractivity contribution is -0.0336. The van der Waals surface area contributed by atoms with E-state index in [2.05, 4.69) is 5.32 Å². The van der Waals surface area contributed by atoms with Gasteiger partial charge in [0.15, 0.2) is 0 Å². The molecule has 0 radical (unpaired) electrons. The van der Waals surface area contributed by atoms with E-state index in [-0.39, 0.29) is 17.5 Å². The van der Waals surface area contributed by atoms with E-state index in [1.807, 2.05) is 7.05 Å². The van der Waals surface area contributed by atoms with Crippen molar-refractivity contribution < 1.29 is 9.13 Å². The number of methoxy groups -OCH3 is 1. The van der Waals surface area contributed by atoms with Gasteiger partial charge in [0.1, 0.15) is 5.82 Å². The molecule has 106 valence electrons. The van der Waals surface area contributed by atoms with Crippen molar-refractivity contribution in [3.8, 4) is 0 Å². The Morgan fingerprint density at radius 1 is 1.42 bits per heavy atom. The maximum absolute atomic E-state index is 13.1. The minimum Gasteiger partial charge on any atom is -0.377 e. The Balaban J connectivity index is 2.18. The van der Waals surface area contributed by atoms with Gasteiger partial charge < -0.3 is 10.1 Å². The summed E-state index contributed by atoms with van der Waals surface area (Å²) in [6.45, 7) is 0. The SMILES string of the molecule is CNC(Cc1ccc(F)cc1Cl)C1(OC)CCCC1. The summed E-state index contributed by atoms with van der Waals surface area (Å²) in [5, 5.41) is 3.84. The van der Waals surface area contributed by atoms with Gasteiger partial charge in [-0.05, 0) is 44.0 Å². The molecule has 1 aliphatic rings. The van der Waals surface area contributed by atoms with Crippen molar-refractivity contribution in [2.24, 2.45) is 0 Å². The summed E-state index contributed by atoms with van der Waals surface area (Å²) in [4.78, 5) is 0. The first-order chi connectivity index (χ1) is 9.11. The molecule has 1 aromatic rings. The second-order valence-electron chi connectivity index (χ2n) is 5.26. The van der Waals surface area contributed by atoms with Gasteiger partial charge in [-0.2, -0.15) is 0 Å². The number of hydrogen-bond donors (Lipinski definition) is 1. The van der Waals surface area contributed by atoms with Crippen molar-refractivity contribution in [1.82, 2.24) is 5.32 Å². The van der Waals surface area contributed by atoms with Crippen molar-refractivity contribution in [3.05, 3.63) is 34.6 Å². The molecule has 0 heterocycles. The average molecular weight is 286 g/mol. The van der Waals surface area contributed by atoms with Crippen LogP contribution in [-0.4, -0.2) is 25.8 Å². The molecule has 0 aromatic heterocycles. The Labute approximate surface area is 119 Å². The lowest BCUT2D eigenvalue weighted by atomic mass is 9.87. The molecular formula is C15H21ClFNO. The predicted octanol–water partition coefficient (Wildman–Crippen LogP) is 3.57. The fraction of sp³-hybridized carbons (Fsp3) is 0.600. The summed E-state index contributed by atoms with van der Waals surface area (Å²) < 4.78 is 18.9. The molecule has 0 amide bonds. The fourth-order valence-electron chi connectivity index (χ4n) is 3.13. The number of halogens is 2. The summed E-state index contributed by atoms with van der Waals surface area (Å²) in [6, 6.07) is 4.79. The largest absolute Gasteiger partial charge is 0.377 e. The van der Waals surface area contributed by atoms with Crippen molar-refractivity contribution in [1.29, 1.82) is 0 Å². The summed E-state index contributed by atoms with van der Waals surface area (Å²) >= 11 is 6.12. The Kier molecular flexibility index (Phi) is 4.82. The van der Waals surface area contributed by atoms with Gasteiger partial charge in [-0.15, -0.1) is 0 Å². The molecule has 2 nitrogen and oxygen atoms in total. The van der Waals surface area contributed by atoms with Gasteiger partial charge in [-0.3, -0.25) is 0 Å². The molecule has 0 saturated heterocycles. The summed E-state index contributed by atoms with van der Waals surface area (Å²) in [7, 11) is 3.73. The zero-order valence-corrected chi connectivity index (χ0v) is 12.3. The predicted molar refractivity (Wildman–Crippen MR) is 76.2 cm³/mol. The van der Waals surface area contributed by atoms with Crippen LogP contribution < -0.4 is 5.32 Å². The number of benzene rings is 1. The summed E-state index contributed by atoms with van der Waals surface area (Å²) in [5.41, 5.74) is 0.845. The second-order valence-corrected chi connectivity index (χ2v) is 5.66. The highest BCUT2D eigenvalue weighted by atomic mass is 35.5. The molecule has 0 bridgehead atoms. The minimum atomic E-state index is -0.294. The highest BCUT2D eigenvalue weighted by Crippen LogP contribution is 2.37. The van der Waals surface area contributed by atoms with E-state index in [1.165, 1.54) is 25.0 Å². The average Bonchev–Trinajstić information content (AvgIpc) is 2.88.